The lowest BCUT2D eigenvalue weighted by Crippen LogP contribution is -2.58. The van der Waals surface area contributed by atoms with Gasteiger partial charge in [0.25, 0.3) is 5.91 Å². The van der Waals surface area contributed by atoms with E-state index >= 15 is 0 Å². The maximum Gasteiger partial charge on any atom is 0.416 e. The summed E-state index contributed by atoms with van der Waals surface area (Å²) in [6.07, 6.45) is -2.61. The summed E-state index contributed by atoms with van der Waals surface area (Å²) in [6, 6.07) is -0.141. The summed E-state index contributed by atoms with van der Waals surface area (Å²) < 4.78 is 80.1. The Morgan fingerprint density at radius 1 is 1.05 bits per heavy atom. The van der Waals surface area contributed by atoms with Crippen LogP contribution in [-0.4, -0.2) is 60.5 Å². The van der Waals surface area contributed by atoms with E-state index in [1.54, 1.807) is 20.8 Å². The summed E-state index contributed by atoms with van der Waals surface area (Å²) in [6.45, 7) is 5.24. The lowest BCUT2D eigenvalue weighted by molar-refractivity contribution is -0.141. The first-order valence-electron chi connectivity index (χ1n) is 12.8. The first-order valence-corrected chi connectivity index (χ1v) is 14.3. The Morgan fingerprint density at radius 2 is 1.69 bits per heavy atom. The minimum absolute atomic E-state index is 0.192. The van der Waals surface area contributed by atoms with Crippen molar-refractivity contribution in [3.8, 4) is 0 Å². The summed E-state index contributed by atoms with van der Waals surface area (Å²) in [4.78, 5) is 40.9. The number of halogens is 4. The van der Waals surface area contributed by atoms with Crippen molar-refractivity contribution in [3.63, 3.8) is 0 Å². The number of nitrogens with one attached hydrogen (secondary N) is 3. The zero-order valence-corrected chi connectivity index (χ0v) is 22.6. The minimum Gasteiger partial charge on any atom is -0.373 e. The maximum absolute atomic E-state index is 14.0. The largest absolute Gasteiger partial charge is 0.416 e. The highest BCUT2D eigenvalue weighted by molar-refractivity contribution is 7.91. The molecule has 2 atom stereocenters. The van der Waals surface area contributed by atoms with E-state index < -0.39 is 73.6 Å². The lowest BCUT2D eigenvalue weighted by Gasteiger charge is -2.36. The zero-order valence-electron chi connectivity index (χ0n) is 21.8. The van der Waals surface area contributed by atoms with E-state index in [9.17, 15) is 40.4 Å². The number of carbonyl (C=O) groups excluding carboxylic acids is 3. The molecular formula is C25H32F4N4O5S. The van der Waals surface area contributed by atoms with Crippen molar-refractivity contribution in [1.82, 2.24) is 14.9 Å². The average molecular weight is 577 g/mol. The molecule has 1 heterocycles. The van der Waals surface area contributed by atoms with E-state index in [1.165, 1.54) is 4.90 Å². The molecule has 0 unspecified atom stereocenters. The number of amides is 3. The Hall–Kier alpha value is -2.90. The van der Waals surface area contributed by atoms with E-state index in [0.717, 1.165) is 6.07 Å². The summed E-state index contributed by atoms with van der Waals surface area (Å²) >= 11 is 0. The van der Waals surface area contributed by atoms with Gasteiger partial charge in [0.05, 0.1) is 10.8 Å². The molecule has 0 bridgehead atoms. The van der Waals surface area contributed by atoms with Gasteiger partial charge in [-0.05, 0) is 62.1 Å². The zero-order chi connectivity index (χ0) is 29.0. The molecule has 1 aromatic carbocycles. The van der Waals surface area contributed by atoms with Crippen LogP contribution in [0.15, 0.2) is 18.2 Å². The fourth-order valence-electron chi connectivity index (χ4n) is 4.66. The van der Waals surface area contributed by atoms with E-state index in [1.807, 2.05) is 0 Å². The molecule has 14 heteroatoms. The smallest absolute Gasteiger partial charge is 0.373 e. The highest BCUT2D eigenvalue weighted by Crippen LogP contribution is 2.38. The Balaban J connectivity index is 1.49. The summed E-state index contributed by atoms with van der Waals surface area (Å²) in [7, 11) is -3.80. The van der Waals surface area contributed by atoms with Crippen LogP contribution in [0.5, 0.6) is 0 Å². The van der Waals surface area contributed by atoms with E-state index in [0.29, 0.717) is 31.4 Å². The molecule has 2 aliphatic carbocycles. The van der Waals surface area contributed by atoms with Gasteiger partial charge in [-0.25, -0.2) is 12.8 Å². The maximum atomic E-state index is 14.0. The van der Waals surface area contributed by atoms with Gasteiger partial charge in [-0.1, -0.05) is 20.8 Å². The van der Waals surface area contributed by atoms with Gasteiger partial charge in [-0.2, -0.15) is 13.2 Å². The topological polar surface area (TPSA) is 125 Å². The number of likely N-dealkylation sites (tertiary alicyclic amines) is 1. The molecule has 216 valence electrons. The first-order chi connectivity index (χ1) is 17.9. The molecule has 1 aromatic rings. The summed E-state index contributed by atoms with van der Waals surface area (Å²) in [5, 5.41) is 4.76. The second-order valence-electron chi connectivity index (χ2n) is 11.6. The third-order valence-electron chi connectivity index (χ3n) is 7.23. The Morgan fingerprint density at radius 3 is 2.23 bits per heavy atom. The summed E-state index contributed by atoms with van der Waals surface area (Å²) in [5.41, 5.74) is -3.66. The van der Waals surface area contributed by atoms with Crippen molar-refractivity contribution >= 4 is 33.4 Å². The monoisotopic (exact) mass is 576 g/mol. The normalized spacial score (nSPS) is 21.7. The van der Waals surface area contributed by atoms with Crippen molar-refractivity contribution in [2.24, 2.45) is 5.41 Å². The predicted molar refractivity (Wildman–Crippen MR) is 133 cm³/mol. The highest BCUT2D eigenvalue weighted by atomic mass is 32.2. The van der Waals surface area contributed by atoms with Crippen LogP contribution in [0.3, 0.4) is 0 Å². The fraction of sp³-hybridized carbons (Fsp3) is 0.640. The van der Waals surface area contributed by atoms with Crippen LogP contribution in [-0.2, 0) is 30.6 Å². The number of hydrogen-bond donors (Lipinski definition) is 3. The Bertz CT molecular complexity index is 1270. The van der Waals surface area contributed by atoms with Gasteiger partial charge >= 0.3 is 6.18 Å². The predicted octanol–water partition coefficient (Wildman–Crippen LogP) is 2.92. The second-order valence-corrected chi connectivity index (χ2v) is 13.6. The fourth-order valence-corrected chi connectivity index (χ4v) is 6.04. The van der Waals surface area contributed by atoms with E-state index in [4.69, 9.17) is 0 Å². The van der Waals surface area contributed by atoms with Gasteiger partial charge in [0.15, 0.2) is 0 Å². The number of anilines is 1. The number of sulfonamides is 1. The van der Waals surface area contributed by atoms with Crippen LogP contribution in [0, 0.1) is 11.2 Å². The van der Waals surface area contributed by atoms with E-state index in [2.05, 4.69) is 15.4 Å². The number of benzene rings is 1. The van der Waals surface area contributed by atoms with Gasteiger partial charge in [0.1, 0.15) is 23.4 Å². The molecule has 0 aromatic heterocycles. The third-order valence-corrected chi connectivity index (χ3v) is 9.05. The van der Waals surface area contributed by atoms with Crippen molar-refractivity contribution in [1.29, 1.82) is 0 Å². The van der Waals surface area contributed by atoms with Crippen molar-refractivity contribution < 1.29 is 40.4 Å². The number of nitrogens with zero attached hydrogens (tertiary/aromatic N) is 1. The van der Waals surface area contributed by atoms with Gasteiger partial charge in [-0.15, -0.1) is 0 Å². The van der Waals surface area contributed by atoms with Gasteiger partial charge < -0.3 is 15.5 Å². The minimum atomic E-state index is -4.79. The van der Waals surface area contributed by atoms with Crippen LogP contribution >= 0.6 is 0 Å². The molecule has 9 nitrogen and oxygen atoms in total. The summed E-state index contributed by atoms with van der Waals surface area (Å²) in [5.74, 6) is -3.11. The first kappa shape index (κ1) is 29.1. The second kappa shape index (κ2) is 9.93. The molecule has 3 fully saturated rings. The quantitative estimate of drug-likeness (QED) is 0.409. The molecule has 1 saturated heterocycles. The van der Waals surface area contributed by atoms with Crippen LogP contribution in [0.25, 0.3) is 0 Å². The Labute approximate surface area is 224 Å². The SMILES string of the molecule is CC(C)(C)[C@H](Nc1cc(F)cc(C(F)(F)F)c1)C(=O)N1CCC[C@H]1C(=O)NC1(C(=O)NS(=O)(=O)C2CC2)CC1. The molecule has 2 saturated carbocycles. The third kappa shape index (κ3) is 6.47. The molecule has 3 amide bonds. The molecular weight excluding hydrogens is 544 g/mol. The highest BCUT2D eigenvalue weighted by Gasteiger charge is 2.54. The van der Waals surface area contributed by atoms with Gasteiger partial charge in [0, 0.05) is 12.2 Å². The molecule has 0 radical (unpaired) electrons. The lowest BCUT2D eigenvalue weighted by atomic mass is 9.85. The van der Waals surface area contributed by atoms with Crippen LogP contribution < -0.4 is 15.4 Å². The van der Waals surface area contributed by atoms with E-state index in [-0.39, 0.29) is 31.5 Å². The standard InChI is InChI=1S/C25H32F4N4O5S/c1-23(2,3)19(30-16-12-14(25(27,28)29)11-15(26)13-16)21(35)33-10-4-5-18(33)20(34)31-24(8-9-24)22(36)32-39(37,38)17-6-7-17/h11-13,17-19,30H,4-10H2,1-3H3,(H,31,34)(H,32,36)/t18-,19+/m0/s1. The van der Waals surface area contributed by atoms with Crippen LogP contribution in [0.2, 0.25) is 0 Å². The van der Waals surface area contributed by atoms with Crippen molar-refractivity contribution in [3.05, 3.63) is 29.6 Å². The van der Waals surface area contributed by atoms with Crippen molar-refractivity contribution in [2.45, 2.75) is 88.3 Å². The Kier molecular flexibility index (Phi) is 7.41. The molecule has 3 aliphatic rings. The number of rotatable bonds is 8. The van der Waals surface area contributed by atoms with Gasteiger partial charge in [-0.3, -0.25) is 19.1 Å². The number of alkyl halides is 3. The number of carbonyl (C=O) groups is 3. The molecule has 3 N–H and O–H groups in total. The van der Waals surface area contributed by atoms with Crippen LogP contribution in [0.1, 0.15) is 64.9 Å². The average Bonchev–Trinajstić information content (AvgIpc) is 3.73. The molecule has 1 aliphatic heterocycles. The van der Waals surface area contributed by atoms with Crippen molar-refractivity contribution in [2.75, 3.05) is 11.9 Å². The number of hydrogen-bond acceptors (Lipinski definition) is 6. The van der Waals surface area contributed by atoms with Crippen LogP contribution in [0.4, 0.5) is 23.2 Å². The molecule has 4 rings (SSSR count). The molecule has 39 heavy (non-hydrogen) atoms. The van der Waals surface area contributed by atoms with Gasteiger partial charge in [0.2, 0.25) is 21.8 Å². The molecule has 0 spiro atoms.